The molecule has 2 rings (SSSR count). The Morgan fingerprint density at radius 3 is 2.19 bits per heavy atom. The molecule has 0 saturated heterocycles. The highest BCUT2D eigenvalue weighted by molar-refractivity contribution is 5.59. The molecule has 0 aromatic heterocycles. The van der Waals surface area contributed by atoms with Gasteiger partial charge in [0.25, 0.3) is 0 Å². The first kappa shape index (κ1) is 11.4. The Kier molecular flexibility index (Phi) is 3.80. The Morgan fingerprint density at radius 2 is 1.56 bits per heavy atom. The normalized spacial score (nSPS) is 24.3. The van der Waals surface area contributed by atoms with Crippen LogP contribution in [0.5, 0.6) is 0 Å². The number of hydrogen-bond acceptors (Lipinski definition) is 2. The minimum atomic E-state index is -0.428. The minimum Gasteiger partial charge on any atom is -0.221 e. The van der Waals surface area contributed by atoms with E-state index in [9.17, 15) is 5.26 Å². The Morgan fingerprint density at radius 1 is 0.938 bits per heavy atom. The molecule has 2 aliphatic carbocycles. The zero-order chi connectivity index (χ0) is 11.3. The second-order valence-electron chi connectivity index (χ2n) is 5.09. The number of nitrogens with zero attached hydrogens (tertiary/aromatic N) is 2. The van der Waals surface area contributed by atoms with E-state index in [0.29, 0.717) is 0 Å². The van der Waals surface area contributed by atoms with Crippen LogP contribution in [0.4, 0.5) is 0 Å². The van der Waals surface area contributed by atoms with Gasteiger partial charge in [-0.25, -0.2) is 4.99 Å². The lowest BCUT2D eigenvalue weighted by molar-refractivity contribution is 0.371. The molecule has 86 valence electrons. The SMILES string of the molecule is N#CC1(N=C=C2CCCCC2)CCCCC1. The van der Waals surface area contributed by atoms with Crippen molar-refractivity contribution in [2.24, 2.45) is 4.99 Å². The van der Waals surface area contributed by atoms with E-state index in [1.165, 1.54) is 31.3 Å². The van der Waals surface area contributed by atoms with Gasteiger partial charge in [0.05, 0.1) is 6.07 Å². The van der Waals surface area contributed by atoms with Crippen LogP contribution in [-0.2, 0) is 0 Å². The molecule has 0 unspecified atom stereocenters. The summed E-state index contributed by atoms with van der Waals surface area (Å²) in [5, 5.41) is 9.28. The molecule has 0 heterocycles. The van der Waals surface area contributed by atoms with Gasteiger partial charge in [-0.15, -0.1) is 0 Å². The van der Waals surface area contributed by atoms with Crippen LogP contribution in [0, 0.1) is 11.3 Å². The molecule has 16 heavy (non-hydrogen) atoms. The molecule has 2 saturated carbocycles. The van der Waals surface area contributed by atoms with Crippen LogP contribution in [0.1, 0.15) is 64.2 Å². The Hall–Kier alpha value is -1.06. The van der Waals surface area contributed by atoms with E-state index in [2.05, 4.69) is 16.9 Å². The standard InChI is InChI=1S/C14H20N2/c15-12-14(9-5-2-6-10-14)16-11-13-7-3-1-4-8-13/h1-10H2. The third kappa shape index (κ3) is 2.74. The summed E-state index contributed by atoms with van der Waals surface area (Å²) >= 11 is 0. The highest BCUT2D eigenvalue weighted by atomic mass is 14.8. The molecular weight excluding hydrogens is 196 g/mol. The fraction of sp³-hybridized carbons (Fsp3) is 0.786. The molecule has 2 nitrogen and oxygen atoms in total. The van der Waals surface area contributed by atoms with E-state index in [0.717, 1.165) is 38.5 Å². The average molecular weight is 216 g/mol. The zero-order valence-electron chi connectivity index (χ0n) is 9.97. The van der Waals surface area contributed by atoms with E-state index >= 15 is 0 Å². The Labute approximate surface area is 98.1 Å². The topological polar surface area (TPSA) is 36.1 Å². The van der Waals surface area contributed by atoms with E-state index < -0.39 is 5.54 Å². The van der Waals surface area contributed by atoms with Gasteiger partial charge in [-0.05, 0) is 62.8 Å². The summed E-state index contributed by atoms with van der Waals surface area (Å²) in [5.74, 6) is 3.20. The van der Waals surface area contributed by atoms with E-state index in [4.69, 9.17) is 0 Å². The van der Waals surface area contributed by atoms with Crippen LogP contribution in [0.15, 0.2) is 10.6 Å². The van der Waals surface area contributed by atoms with Crippen LogP contribution in [-0.4, -0.2) is 11.4 Å². The molecule has 0 amide bonds. The van der Waals surface area contributed by atoms with Gasteiger partial charge >= 0.3 is 0 Å². The molecule has 2 heteroatoms. The van der Waals surface area contributed by atoms with Crippen LogP contribution in [0.3, 0.4) is 0 Å². The summed E-state index contributed by atoms with van der Waals surface area (Å²) in [6, 6.07) is 2.41. The van der Waals surface area contributed by atoms with Crippen molar-refractivity contribution in [2.75, 3.05) is 0 Å². The number of aliphatic imine (C=N–C) groups is 1. The molecule has 0 N–H and O–H groups in total. The maximum absolute atomic E-state index is 9.28. The van der Waals surface area contributed by atoms with Gasteiger partial charge in [0.2, 0.25) is 0 Å². The third-order valence-corrected chi connectivity index (χ3v) is 3.77. The molecule has 0 aliphatic heterocycles. The van der Waals surface area contributed by atoms with Crippen LogP contribution in [0.25, 0.3) is 0 Å². The molecular formula is C14H20N2. The van der Waals surface area contributed by atoms with Gasteiger partial charge in [-0.2, -0.15) is 5.26 Å². The lowest BCUT2D eigenvalue weighted by Gasteiger charge is -2.25. The minimum absolute atomic E-state index is 0.428. The second kappa shape index (κ2) is 5.32. The van der Waals surface area contributed by atoms with Crippen LogP contribution >= 0.6 is 0 Å². The predicted octanol–water partition coefficient (Wildman–Crippen LogP) is 3.77. The average Bonchev–Trinajstić information content (AvgIpc) is 2.39. The van der Waals surface area contributed by atoms with Crippen molar-refractivity contribution in [3.05, 3.63) is 5.57 Å². The largest absolute Gasteiger partial charge is 0.221 e. The van der Waals surface area contributed by atoms with Crippen LogP contribution < -0.4 is 0 Å². The molecule has 2 fully saturated rings. The number of allylic oxidation sites excluding steroid dienone is 1. The van der Waals surface area contributed by atoms with E-state index in [-0.39, 0.29) is 0 Å². The first-order chi connectivity index (χ1) is 7.85. The van der Waals surface area contributed by atoms with Crippen LogP contribution in [0.2, 0.25) is 0 Å². The fourth-order valence-corrected chi connectivity index (χ4v) is 2.66. The lowest BCUT2D eigenvalue weighted by Crippen LogP contribution is -2.27. The van der Waals surface area contributed by atoms with Crippen molar-refractivity contribution in [1.29, 1.82) is 5.26 Å². The quantitative estimate of drug-likeness (QED) is 0.614. The van der Waals surface area contributed by atoms with Crippen molar-refractivity contribution in [3.8, 4) is 6.07 Å². The molecule has 0 atom stereocenters. The number of nitriles is 1. The molecule has 0 radical (unpaired) electrons. The third-order valence-electron chi connectivity index (χ3n) is 3.77. The van der Waals surface area contributed by atoms with Crippen molar-refractivity contribution in [1.82, 2.24) is 0 Å². The highest BCUT2D eigenvalue weighted by Gasteiger charge is 2.30. The maximum atomic E-state index is 9.28. The fourth-order valence-electron chi connectivity index (χ4n) is 2.66. The summed E-state index contributed by atoms with van der Waals surface area (Å²) in [6.45, 7) is 0. The van der Waals surface area contributed by atoms with E-state index in [1.807, 2.05) is 0 Å². The van der Waals surface area contributed by atoms with Gasteiger partial charge in [-0.3, -0.25) is 0 Å². The molecule has 0 bridgehead atoms. The lowest BCUT2D eigenvalue weighted by atomic mass is 9.83. The molecule has 0 spiro atoms. The summed E-state index contributed by atoms with van der Waals surface area (Å²) in [7, 11) is 0. The second-order valence-corrected chi connectivity index (χ2v) is 5.09. The van der Waals surface area contributed by atoms with Crippen molar-refractivity contribution in [2.45, 2.75) is 69.7 Å². The molecule has 0 aromatic rings. The van der Waals surface area contributed by atoms with Gasteiger partial charge in [-0.1, -0.05) is 12.8 Å². The highest BCUT2D eigenvalue weighted by Crippen LogP contribution is 2.31. The summed E-state index contributed by atoms with van der Waals surface area (Å²) in [6.07, 6.45) is 11.6. The van der Waals surface area contributed by atoms with Gasteiger partial charge in [0, 0.05) is 0 Å². The smallest absolute Gasteiger partial charge is 0.156 e. The van der Waals surface area contributed by atoms with Crippen molar-refractivity contribution >= 4 is 5.87 Å². The molecule has 0 aromatic carbocycles. The summed E-state index contributed by atoms with van der Waals surface area (Å²) in [5.41, 5.74) is 0.911. The number of hydrogen-bond donors (Lipinski definition) is 0. The Balaban J connectivity index is 2.10. The zero-order valence-corrected chi connectivity index (χ0v) is 9.97. The van der Waals surface area contributed by atoms with Gasteiger partial charge in [0.1, 0.15) is 0 Å². The van der Waals surface area contributed by atoms with Gasteiger partial charge < -0.3 is 0 Å². The summed E-state index contributed by atoms with van der Waals surface area (Å²) < 4.78 is 0. The monoisotopic (exact) mass is 216 g/mol. The molecule has 2 aliphatic rings. The first-order valence-corrected chi connectivity index (χ1v) is 6.59. The van der Waals surface area contributed by atoms with Gasteiger partial charge in [0.15, 0.2) is 5.54 Å². The van der Waals surface area contributed by atoms with Crippen molar-refractivity contribution in [3.63, 3.8) is 0 Å². The predicted molar refractivity (Wildman–Crippen MR) is 65.5 cm³/mol. The maximum Gasteiger partial charge on any atom is 0.156 e. The first-order valence-electron chi connectivity index (χ1n) is 6.59. The van der Waals surface area contributed by atoms with E-state index in [1.54, 1.807) is 0 Å². The summed E-state index contributed by atoms with van der Waals surface area (Å²) in [4.78, 5) is 4.51. The van der Waals surface area contributed by atoms with Crippen molar-refractivity contribution < 1.29 is 0 Å². The Bertz CT molecular complexity index is 328. The number of rotatable bonds is 1.